The molecule has 0 aliphatic carbocycles. The van der Waals surface area contributed by atoms with Crippen LogP contribution in [-0.4, -0.2) is 36.0 Å². The first-order valence-electron chi connectivity index (χ1n) is 5.67. The Morgan fingerprint density at radius 3 is 2.47 bits per heavy atom. The standard InChI is InChI=1S/C12H19N3.2ClH/c13-6-10-14-7-2-1-5-12(11-14)15-8-3-4-9-15;;/h1-2,5,7,11H,3-4,6,8-10,13H2;2*1H. The van der Waals surface area contributed by atoms with E-state index in [9.17, 15) is 0 Å². The van der Waals surface area contributed by atoms with Crippen LogP contribution < -0.4 is 5.73 Å². The predicted molar refractivity (Wildman–Crippen MR) is 77.4 cm³/mol. The quantitative estimate of drug-likeness (QED) is 0.858. The van der Waals surface area contributed by atoms with E-state index in [-0.39, 0.29) is 24.8 Å². The van der Waals surface area contributed by atoms with Gasteiger partial charge in [0.1, 0.15) is 0 Å². The molecule has 2 rings (SSSR count). The molecule has 5 heteroatoms. The summed E-state index contributed by atoms with van der Waals surface area (Å²) < 4.78 is 0. The van der Waals surface area contributed by atoms with Crippen LogP contribution in [0.15, 0.2) is 36.3 Å². The van der Waals surface area contributed by atoms with Gasteiger partial charge in [-0.3, -0.25) is 0 Å². The lowest BCUT2D eigenvalue weighted by Crippen LogP contribution is -2.23. The molecule has 0 aromatic rings. The highest BCUT2D eigenvalue weighted by Crippen LogP contribution is 2.17. The minimum Gasteiger partial charge on any atom is -0.370 e. The number of nitrogens with zero attached hydrogens (tertiary/aromatic N) is 2. The molecule has 0 radical (unpaired) electrons. The van der Waals surface area contributed by atoms with Crippen molar-refractivity contribution in [2.75, 3.05) is 26.2 Å². The zero-order chi connectivity index (χ0) is 10.5. The molecule has 0 amide bonds. The SMILES string of the molecule is Cl.Cl.NCCN1C=CC=CC(N2CCCC2)=C1. The minimum atomic E-state index is 0. The summed E-state index contributed by atoms with van der Waals surface area (Å²) in [6, 6.07) is 0. The van der Waals surface area contributed by atoms with Crippen LogP contribution in [0.1, 0.15) is 12.8 Å². The molecule has 2 aliphatic rings. The molecule has 2 N–H and O–H groups in total. The largest absolute Gasteiger partial charge is 0.370 e. The minimum absolute atomic E-state index is 0. The van der Waals surface area contributed by atoms with Gasteiger partial charge in [0.15, 0.2) is 0 Å². The Labute approximate surface area is 116 Å². The van der Waals surface area contributed by atoms with Gasteiger partial charge in [-0.1, -0.05) is 6.08 Å². The number of likely N-dealkylation sites (tertiary alicyclic amines) is 1. The summed E-state index contributed by atoms with van der Waals surface area (Å²) in [5.41, 5.74) is 6.88. The van der Waals surface area contributed by atoms with E-state index in [4.69, 9.17) is 5.73 Å². The fourth-order valence-corrected chi connectivity index (χ4v) is 2.02. The molecule has 0 saturated carbocycles. The van der Waals surface area contributed by atoms with E-state index >= 15 is 0 Å². The molecule has 3 nitrogen and oxygen atoms in total. The van der Waals surface area contributed by atoms with E-state index in [1.54, 1.807) is 0 Å². The molecule has 2 heterocycles. The van der Waals surface area contributed by atoms with E-state index < -0.39 is 0 Å². The maximum Gasteiger partial charge on any atom is 0.0531 e. The zero-order valence-corrected chi connectivity index (χ0v) is 11.6. The second-order valence-electron chi connectivity index (χ2n) is 3.98. The molecule has 0 aromatic heterocycles. The Kier molecular flexibility index (Phi) is 8.13. The van der Waals surface area contributed by atoms with Gasteiger partial charge < -0.3 is 15.5 Å². The lowest BCUT2D eigenvalue weighted by molar-refractivity contribution is 0.418. The fourth-order valence-electron chi connectivity index (χ4n) is 2.02. The van der Waals surface area contributed by atoms with Crippen molar-refractivity contribution < 1.29 is 0 Å². The third-order valence-corrected chi connectivity index (χ3v) is 2.81. The number of rotatable bonds is 3. The van der Waals surface area contributed by atoms with Crippen molar-refractivity contribution in [1.29, 1.82) is 0 Å². The van der Waals surface area contributed by atoms with Gasteiger partial charge in [0.25, 0.3) is 0 Å². The van der Waals surface area contributed by atoms with E-state index in [1.165, 1.54) is 31.6 Å². The molecule has 1 fully saturated rings. The summed E-state index contributed by atoms with van der Waals surface area (Å²) in [6.45, 7) is 3.95. The van der Waals surface area contributed by atoms with Gasteiger partial charge in [0.2, 0.25) is 0 Å². The highest BCUT2D eigenvalue weighted by Gasteiger charge is 2.13. The normalized spacial score (nSPS) is 18.3. The van der Waals surface area contributed by atoms with Crippen molar-refractivity contribution >= 4 is 24.8 Å². The highest BCUT2D eigenvalue weighted by atomic mass is 35.5. The third kappa shape index (κ3) is 4.62. The first kappa shape index (κ1) is 16.4. The first-order valence-corrected chi connectivity index (χ1v) is 5.67. The van der Waals surface area contributed by atoms with Gasteiger partial charge in [0, 0.05) is 38.6 Å². The molecule has 0 atom stereocenters. The van der Waals surface area contributed by atoms with Gasteiger partial charge >= 0.3 is 0 Å². The van der Waals surface area contributed by atoms with Crippen LogP contribution in [0, 0.1) is 0 Å². The maximum absolute atomic E-state index is 5.57. The summed E-state index contributed by atoms with van der Waals surface area (Å²) in [6.07, 6.45) is 13.2. The lowest BCUT2D eigenvalue weighted by Gasteiger charge is -2.21. The lowest BCUT2D eigenvalue weighted by atomic mass is 10.3. The molecule has 98 valence electrons. The van der Waals surface area contributed by atoms with E-state index in [0.717, 1.165) is 6.54 Å². The Morgan fingerprint density at radius 2 is 1.82 bits per heavy atom. The summed E-state index contributed by atoms with van der Waals surface area (Å²) in [5.74, 6) is 0. The Bertz CT molecular complexity index is 294. The van der Waals surface area contributed by atoms with Crippen molar-refractivity contribution in [3.8, 4) is 0 Å². The van der Waals surface area contributed by atoms with E-state index in [0.29, 0.717) is 6.54 Å². The topological polar surface area (TPSA) is 32.5 Å². The van der Waals surface area contributed by atoms with Crippen molar-refractivity contribution in [3.05, 3.63) is 36.3 Å². The van der Waals surface area contributed by atoms with Gasteiger partial charge in [-0.05, 0) is 25.0 Å². The number of hydrogen-bond acceptors (Lipinski definition) is 3. The highest BCUT2D eigenvalue weighted by molar-refractivity contribution is 5.85. The summed E-state index contributed by atoms with van der Waals surface area (Å²) in [7, 11) is 0. The molecule has 0 spiro atoms. The summed E-state index contributed by atoms with van der Waals surface area (Å²) in [4.78, 5) is 4.60. The van der Waals surface area contributed by atoms with Gasteiger partial charge in [0.05, 0.1) is 5.70 Å². The van der Waals surface area contributed by atoms with Crippen LogP contribution in [0.25, 0.3) is 0 Å². The van der Waals surface area contributed by atoms with Crippen LogP contribution in [0.2, 0.25) is 0 Å². The Morgan fingerprint density at radius 1 is 1.12 bits per heavy atom. The summed E-state index contributed by atoms with van der Waals surface area (Å²) >= 11 is 0. The molecular formula is C12H21Cl2N3. The molecule has 0 unspecified atom stereocenters. The van der Waals surface area contributed by atoms with Gasteiger partial charge in [-0.15, -0.1) is 24.8 Å². The Hall–Kier alpha value is -0.640. The average Bonchev–Trinajstić information content (AvgIpc) is 2.67. The van der Waals surface area contributed by atoms with Crippen molar-refractivity contribution in [1.82, 2.24) is 9.80 Å². The van der Waals surface area contributed by atoms with Crippen molar-refractivity contribution in [3.63, 3.8) is 0 Å². The molecule has 2 aliphatic heterocycles. The number of halogens is 2. The molecule has 1 saturated heterocycles. The molecule has 0 aromatic carbocycles. The second kappa shape index (κ2) is 8.45. The zero-order valence-electron chi connectivity index (χ0n) is 9.92. The monoisotopic (exact) mass is 277 g/mol. The molecular weight excluding hydrogens is 257 g/mol. The van der Waals surface area contributed by atoms with E-state index in [1.807, 2.05) is 0 Å². The molecule has 0 bridgehead atoms. The van der Waals surface area contributed by atoms with Gasteiger partial charge in [-0.25, -0.2) is 0 Å². The van der Waals surface area contributed by atoms with Crippen LogP contribution in [0.4, 0.5) is 0 Å². The van der Waals surface area contributed by atoms with Crippen molar-refractivity contribution in [2.24, 2.45) is 5.73 Å². The predicted octanol–water partition coefficient (Wildman–Crippen LogP) is 2.11. The van der Waals surface area contributed by atoms with Crippen LogP contribution in [0.3, 0.4) is 0 Å². The van der Waals surface area contributed by atoms with Gasteiger partial charge in [-0.2, -0.15) is 0 Å². The fraction of sp³-hybridized carbons (Fsp3) is 0.500. The maximum atomic E-state index is 5.57. The van der Waals surface area contributed by atoms with Crippen LogP contribution in [0.5, 0.6) is 0 Å². The van der Waals surface area contributed by atoms with Crippen LogP contribution >= 0.6 is 24.8 Å². The first-order chi connectivity index (χ1) is 7.40. The smallest absolute Gasteiger partial charge is 0.0531 e. The summed E-state index contributed by atoms with van der Waals surface area (Å²) in [5, 5.41) is 0. The average molecular weight is 278 g/mol. The van der Waals surface area contributed by atoms with Crippen molar-refractivity contribution in [2.45, 2.75) is 12.8 Å². The molecule has 17 heavy (non-hydrogen) atoms. The van der Waals surface area contributed by atoms with E-state index in [2.05, 4.69) is 40.4 Å². The van der Waals surface area contributed by atoms with Crippen LogP contribution in [-0.2, 0) is 0 Å². The third-order valence-electron chi connectivity index (χ3n) is 2.81. The number of hydrogen-bond donors (Lipinski definition) is 1. The number of nitrogens with two attached hydrogens (primary N) is 1. The number of allylic oxidation sites excluding steroid dienone is 3. The Balaban J connectivity index is 0.00000128. The second-order valence-corrected chi connectivity index (χ2v) is 3.98.